The average Bonchev–Trinajstić information content (AvgIpc) is 2.88. The minimum atomic E-state index is -3.48. The van der Waals surface area contributed by atoms with Crippen LogP contribution in [-0.4, -0.2) is 70.8 Å². The van der Waals surface area contributed by atoms with E-state index in [2.05, 4.69) is 28.5 Å². The van der Waals surface area contributed by atoms with Gasteiger partial charge in [-0.2, -0.15) is 0 Å². The zero-order chi connectivity index (χ0) is 25.1. The fourth-order valence-corrected chi connectivity index (χ4v) is 6.45. The summed E-state index contributed by atoms with van der Waals surface area (Å²) < 4.78 is 37.6. The highest BCUT2D eigenvalue weighted by atomic mass is 35.5. The third kappa shape index (κ3) is 5.82. The van der Waals surface area contributed by atoms with E-state index in [-0.39, 0.29) is 18.3 Å². The number of rotatable bonds is 8. The molecular weight excluding hydrogens is 498 g/mol. The number of ether oxygens (including phenoxy) is 2. The Morgan fingerprint density at radius 3 is 2.22 bits per heavy atom. The molecule has 196 valence electrons. The number of anilines is 1. The molecule has 9 heteroatoms. The SMILES string of the molecule is COc1cc(OC)cc(C(C)C2(Nc3ccccc3)C=C(N3CCNCC3)C=CC2S(C)(=O)=O)c1.Cl. The van der Waals surface area contributed by atoms with Gasteiger partial charge in [-0.25, -0.2) is 8.42 Å². The van der Waals surface area contributed by atoms with Gasteiger partial charge in [-0.3, -0.25) is 0 Å². The van der Waals surface area contributed by atoms with Crippen LogP contribution in [0, 0.1) is 0 Å². The first kappa shape index (κ1) is 27.9. The number of para-hydroxylation sites is 1. The Bertz CT molecular complexity index is 1170. The van der Waals surface area contributed by atoms with Gasteiger partial charge in [-0.05, 0) is 42.0 Å². The fraction of sp³-hybridized carbons (Fsp3) is 0.407. The first-order chi connectivity index (χ1) is 16.8. The number of nitrogens with zero attached hydrogens (tertiary/aromatic N) is 1. The maximum absolute atomic E-state index is 13.3. The van der Waals surface area contributed by atoms with Crippen molar-refractivity contribution in [3.63, 3.8) is 0 Å². The Labute approximate surface area is 220 Å². The van der Waals surface area contributed by atoms with Crippen molar-refractivity contribution in [3.8, 4) is 11.5 Å². The van der Waals surface area contributed by atoms with Crippen LogP contribution >= 0.6 is 12.4 Å². The second-order valence-electron chi connectivity index (χ2n) is 9.21. The molecule has 2 aromatic rings. The van der Waals surface area contributed by atoms with Gasteiger partial charge in [0.1, 0.15) is 16.7 Å². The quantitative estimate of drug-likeness (QED) is 0.533. The van der Waals surface area contributed by atoms with Crippen LogP contribution in [0.5, 0.6) is 11.5 Å². The van der Waals surface area contributed by atoms with E-state index in [4.69, 9.17) is 9.47 Å². The highest BCUT2D eigenvalue weighted by molar-refractivity contribution is 7.91. The van der Waals surface area contributed by atoms with Crippen LogP contribution < -0.4 is 20.1 Å². The molecule has 1 aliphatic heterocycles. The van der Waals surface area contributed by atoms with Crippen LogP contribution in [0.1, 0.15) is 18.4 Å². The van der Waals surface area contributed by atoms with Crippen molar-refractivity contribution in [1.82, 2.24) is 10.2 Å². The van der Waals surface area contributed by atoms with Crippen molar-refractivity contribution in [2.75, 3.05) is 52.0 Å². The van der Waals surface area contributed by atoms with E-state index in [1.54, 1.807) is 14.2 Å². The Morgan fingerprint density at radius 1 is 1.06 bits per heavy atom. The number of piperazine rings is 1. The molecule has 0 amide bonds. The fourth-order valence-electron chi connectivity index (χ4n) is 5.05. The van der Waals surface area contributed by atoms with Gasteiger partial charge in [0.25, 0.3) is 0 Å². The predicted molar refractivity (Wildman–Crippen MR) is 148 cm³/mol. The minimum absolute atomic E-state index is 0. The summed E-state index contributed by atoms with van der Waals surface area (Å²) in [6.45, 7) is 5.57. The smallest absolute Gasteiger partial charge is 0.156 e. The van der Waals surface area contributed by atoms with E-state index in [9.17, 15) is 8.42 Å². The molecule has 1 saturated heterocycles. The van der Waals surface area contributed by atoms with Gasteiger partial charge in [0, 0.05) is 55.8 Å². The number of methoxy groups -OCH3 is 2. The average molecular weight is 534 g/mol. The lowest BCUT2D eigenvalue weighted by Gasteiger charge is -2.46. The molecule has 0 aromatic heterocycles. The van der Waals surface area contributed by atoms with E-state index in [1.165, 1.54) is 6.26 Å². The van der Waals surface area contributed by atoms with Crippen molar-refractivity contribution in [1.29, 1.82) is 0 Å². The number of halogens is 1. The van der Waals surface area contributed by atoms with Gasteiger partial charge in [-0.15, -0.1) is 12.4 Å². The highest BCUT2D eigenvalue weighted by Gasteiger charge is 2.48. The Morgan fingerprint density at radius 2 is 1.67 bits per heavy atom. The van der Waals surface area contributed by atoms with E-state index < -0.39 is 20.6 Å². The molecule has 2 aromatic carbocycles. The summed E-state index contributed by atoms with van der Waals surface area (Å²) in [5, 5.41) is 6.27. The monoisotopic (exact) mass is 533 g/mol. The lowest BCUT2D eigenvalue weighted by atomic mass is 9.74. The minimum Gasteiger partial charge on any atom is -0.497 e. The molecule has 3 unspecified atom stereocenters. The number of hydrogen-bond donors (Lipinski definition) is 2. The molecule has 1 fully saturated rings. The van der Waals surface area contributed by atoms with Gasteiger partial charge in [-0.1, -0.05) is 31.2 Å². The molecule has 1 aliphatic carbocycles. The third-order valence-electron chi connectivity index (χ3n) is 6.97. The first-order valence-electron chi connectivity index (χ1n) is 11.9. The second-order valence-corrected chi connectivity index (χ2v) is 11.4. The van der Waals surface area contributed by atoms with E-state index >= 15 is 0 Å². The summed E-state index contributed by atoms with van der Waals surface area (Å²) in [5.74, 6) is 1.07. The van der Waals surface area contributed by atoms with Crippen LogP contribution in [0.2, 0.25) is 0 Å². The first-order valence-corrected chi connectivity index (χ1v) is 13.8. The Hall–Kier alpha value is -2.68. The standard InChI is InChI=1S/C27H35N3O4S.ClH/c1-20(21-16-24(33-2)18-25(17-21)34-3)27(29-22-8-6-5-7-9-22)19-23(30-14-12-28-13-15-30)10-11-26(27)35(4,31)32;/h5-11,16-20,26,28-29H,12-15H2,1-4H3;1H. The van der Waals surface area contributed by atoms with Crippen molar-refractivity contribution >= 4 is 27.9 Å². The van der Waals surface area contributed by atoms with Crippen molar-refractivity contribution < 1.29 is 17.9 Å². The van der Waals surface area contributed by atoms with Crippen molar-refractivity contribution in [3.05, 3.63) is 78.0 Å². The Balaban J connectivity index is 0.00000361. The predicted octanol–water partition coefficient (Wildman–Crippen LogP) is 3.85. The van der Waals surface area contributed by atoms with Crippen LogP contribution in [0.3, 0.4) is 0 Å². The lowest BCUT2D eigenvalue weighted by Crippen LogP contribution is -2.56. The van der Waals surface area contributed by atoms with Gasteiger partial charge >= 0.3 is 0 Å². The largest absolute Gasteiger partial charge is 0.497 e. The zero-order valence-electron chi connectivity index (χ0n) is 21.2. The van der Waals surface area contributed by atoms with Crippen LogP contribution in [0.15, 0.2) is 72.5 Å². The molecule has 36 heavy (non-hydrogen) atoms. The molecule has 7 nitrogen and oxygen atoms in total. The summed E-state index contributed by atoms with van der Waals surface area (Å²) in [6.07, 6.45) is 7.23. The van der Waals surface area contributed by atoms with E-state index in [0.29, 0.717) is 11.5 Å². The maximum atomic E-state index is 13.3. The lowest BCUT2D eigenvalue weighted by molar-refractivity contribution is 0.300. The van der Waals surface area contributed by atoms with Gasteiger partial charge in [0.2, 0.25) is 0 Å². The number of hydrogen-bond acceptors (Lipinski definition) is 7. The number of benzene rings is 2. The summed E-state index contributed by atoms with van der Waals surface area (Å²) in [7, 11) is -0.245. The van der Waals surface area contributed by atoms with Gasteiger partial charge in [0.05, 0.1) is 19.8 Å². The summed E-state index contributed by atoms with van der Waals surface area (Å²) >= 11 is 0. The van der Waals surface area contributed by atoms with Crippen molar-refractivity contribution in [2.45, 2.75) is 23.6 Å². The van der Waals surface area contributed by atoms with E-state index in [1.807, 2.05) is 60.7 Å². The maximum Gasteiger partial charge on any atom is 0.156 e. The molecule has 0 saturated carbocycles. The third-order valence-corrected chi connectivity index (χ3v) is 8.44. The summed E-state index contributed by atoms with van der Waals surface area (Å²) in [4.78, 5) is 2.31. The highest BCUT2D eigenvalue weighted by Crippen LogP contribution is 2.43. The molecule has 3 atom stereocenters. The van der Waals surface area contributed by atoms with Gasteiger partial charge < -0.3 is 25.0 Å². The molecule has 1 heterocycles. The zero-order valence-corrected chi connectivity index (χ0v) is 22.9. The molecule has 2 N–H and O–H groups in total. The number of sulfone groups is 1. The van der Waals surface area contributed by atoms with Crippen LogP contribution in [0.25, 0.3) is 0 Å². The molecule has 2 aliphatic rings. The normalized spacial score (nSPS) is 22.7. The number of nitrogens with one attached hydrogen (secondary N) is 2. The molecule has 4 rings (SSSR count). The summed E-state index contributed by atoms with van der Waals surface area (Å²) in [5.41, 5.74) is 1.84. The topological polar surface area (TPSA) is 79.9 Å². The van der Waals surface area contributed by atoms with Gasteiger partial charge in [0.15, 0.2) is 9.84 Å². The van der Waals surface area contributed by atoms with E-state index in [0.717, 1.165) is 43.1 Å². The van der Waals surface area contributed by atoms with Crippen LogP contribution in [-0.2, 0) is 9.84 Å². The number of allylic oxidation sites excluding steroid dienone is 1. The van der Waals surface area contributed by atoms with Crippen molar-refractivity contribution in [2.24, 2.45) is 0 Å². The molecule has 0 radical (unpaired) electrons. The van der Waals surface area contributed by atoms with Crippen LogP contribution in [0.4, 0.5) is 5.69 Å². The Kier molecular flexibility index (Phi) is 8.98. The molecular formula is C27H36ClN3O4S. The second kappa shape index (κ2) is 11.6. The molecule has 0 spiro atoms. The summed E-state index contributed by atoms with van der Waals surface area (Å²) in [6, 6.07) is 15.5. The molecule has 0 bridgehead atoms.